The lowest BCUT2D eigenvalue weighted by Gasteiger charge is -2.37. The van der Waals surface area contributed by atoms with E-state index in [4.69, 9.17) is 5.73 Å². The van der Waals surface area contributed by atoms with Crippen molar-refractivity contribution >= 4 is 11.6 Å². The Bertz CT molecular complexity index is 591. The molecule has 0 amide bonds. The van der Waals surface area contributed by atoms with Gasteiger partial charge in [0.25, 0.3) is 0 Å². The molecule has 0 aliphatic carbocycles. The van der Waals surface area contributed by atoms with Crippen LogP contribution >= 0.6 is 0 Å². The molecule has 0 spiro atoms. The molecule has 0 unspecified atom stereocenters. The van der Waals surface area contributed by atoms with Crippen molar-refractivity contribution in [2.75, 3.05) is 36.0 Å². The molecular formula is C16H21N5. The van der Waals surface area contributed by atoms with Crippen LogP contribution in [0.25, 0.3) is 0 Å². The fourth-order valence-corrected chi connectivity index (χ4v) is 2.79. The summed E-state index contributed by atoms with van der Waals surface area (Å²) in [4.78, 5) is 13.6. The van der Waals surface area contributed by atoms with Gasteiger partial charge in [-0.15, -0.1) is 0 Å². The van der Waals surface area contributed by atoms with E-state index in [-0.39, 0.29) is 0 Å². The Kier molecular flexibility index (Phi) is 4.01. The number of piperazine rings is 1. The summed E-state index contributed by atoms with van der Waals surface area (Å²) in [7, 11) is 0. The number of anilines is 2. The summed E-state index contributed by atoms with van der Waals surface area (Å²) in [6, 6.07) is 8.06. The van der Waals surface area contributed by atoms with E-state index in [1.54, 1.807) is 0 Å². The van der Waals surface area contributed by atoms with E-state index in [1.165, 1.54) is 5.56 Å². The van der Waals surface area contributed by atoms with E-state index in [1.807, 2.05) is 30.6 Å². The molecular weight excluding hydrogens is 262 g/mol. The molecule has 2 N–H and O–H groups in total. The molecule has 2 aromatic heterocycles. The molecule has 2 aromatic rings. The predicted molar refractivity (Wildman–Crippen MR) is 85.5 cm³/mol. The van der Waals surface area contributed by atoms with Crippen LogP contribution in [-0.4, -0.2) is 36.1 Å². The van der Waals surface area contributed by atoms with Crippen LogP contribution in [0.5, 0.6) is 0 Å². The third-order valence-corrected chi connectivity index (χ3v) is 4.02. The maximum absolute atomic E-state index is 5.89. The average molecular weight is 283 g/mol. The van der Waals surface area contributed by atoms with Gasteiger partial charge in [0.05, 0.1) is 0 Å². The van der Waals surface area contributed by atoms with E-state index in [2.05, 4.69) is 32.8 Å². The van der Waals surface area contributed by atoms with Gasteiger partial charge in [0.15, 0.2) is 0 Å². The van der Waals surface area contributed by atoms with Crippen molar-refractivity contribution < 1.29 is 0 Å². The lowest BCUT2D eigenvalue weighted by Crippen LogP contribution is -2.47. The first-order valence-corrected chi connectivity index (χ1v) is 7.35. The highest BCUT2D eigenvalue weighted by Gasteiger charge is 2.21. The van der Waals surface area contributed by atoms with Gasteiger partial charge in [0, 0.05) is 50.7 Å². The van der Waals surface area contributed by atoms with Crippen molar-refractivity contribution in [3.63, 3.8) is 0 Å². The van der Waals surface area contributed by atoms with E-state index < -0.39 is 0 Å². The summed E-state index contributed by atoms with van der Waals surface area (Å²) in [5, 5.41) is 0. The van der Waals surface area contributed by atoms with Crippen molar-refractivity contribution in [2.45, 2.75) is 13.5 Å². The molecule has 1 aliphatic heterocycles. The van der Waals surface area contributed by atoms with Crippen LogP contribution in [0.15, 0.2) is 36.7 Å². The highest BCUT2D eigenvalue weighted by molar-refractivity contribution is 5.52. The number of aryl methyl sites for hydroxylation is 1. The molecule has 1 aliphatic rings. The fourth-order valence-electron chi connectivity index (χ4n) is 2.79. The first-order chi connectivity index (χ1) is 10.3. The zero-order chi connectivity index (χ0) is 14.7. The van der Waals surface area contributed by atoms with Gasteiger partial charge in [-0.1, -0.05) is 6.07 Å². The van der Waals surface area contributed by atoms with Gasteiger partial charge in [-0.2, -0.15) is 0 Å². The van der Waals surface area contributed by atoms with Gasteiger partial charge in [-0.3, -0.25) is 0 Å². The minimum atomic E-state index is 0.537. The molecule has 21 heavy (non-hydrogen) atoms. The second-order valence-corrected chi connectivity index (χ2v) is 5.30. The SMILES string of the molecule is Cc1ccnc(N2CCN(c3ccccn3)CC2)c1CN. The van der Waals surface area contributed by atoms with Crippen LogP contribution in [0.3, 0.4) is 0 Å². The lowest BCUT2D eigenvalue weighted by molar-refractivity contribution is 0.638. The average Bonchev–Trinajstić information content (AvgIpc) is 2.55. The maximum Gasteiger partial charge on any atom is 0.133 e. The molecule has 0 saturated carbocycles. The Morgan fingerprint density at radius 1 is 1.00 bits per heavy atom. The number of nitrogens with zero attached hydrogens (tertiary/aromatic N) is 4. The van der Waals surface area contributed by atoms with Crippen LogP contribution in [0, 0.1) is 6.92 Å². The van der Waals surface area contributed by atoms with Crippen LogP contribution < -0.4 is 15.5 Å². The van der Waals surface area contributed by atoms with Gasteiger partial charge < -0.3 is 15.5 Å². The molecule has 3 rings (SSSR count). The second kappa shape index (κ2) is 6.10. The van der Waals surface area contributed by atoms with E-state index >= 15 is 0 Å². The summed E-state index contributed by atoms with van der Waals surface area (Å²) >= 11 is 0. The van der Waals surface area contributed by atoms with Crippen molar-refractivity contribution in [2.24, 2.45) is 5.73 Å². The van der Waals surface area contributed by atoms with E-state index in [9.17, 15) is 0 Å². The molecule has 0 bridgehead atoms. The van der Waals surface area contributed by atoms with E-state index in [0.29, 0.717) is 6.54 Å². The monoisotopic (exact) mass is 283 g/mol. The Morgan fingerprint density at radius 2 is 1.76 bits per heavy atom. The molecule has 0 radical (unpaired) electrons. The number of rotatable bonds is 3. The third-order valence-electron chi connectivity index (χ3n) is 4.02. The molecule has 5 nitrogen and oxygen atoms in total. The Balaban J connectivity index is 1.73. The highest BCUT2D eigenvalue weighted by atomic mass is 15.3. The van der Waals surface area contributed by atoms with Crippen LogP contribution in [-0.2, 0) is 6.54 Å². The molecule has 1 saturated heterocycles. The Hall–Kier alpha value is -2.14. The summed E-state index contributed by atoms with van der Waals surface area (Å²) < 4.78 is 0. The van der Waals surface area contributed by atoms with Crippen LogP contribution in [0.4, 0.5) is 11.6 Å². The minimum absolute atomic E-state index is 0.537. The summed E-state index contributed by atoms with van der Waals surface area (Å²) in [5.41, 5.74) is 8.26. The molecule has 3 heterocycles. The topological polar surface area (TPSA) is 58.3 Å². The number of pyridine rings is 2. The molecule has 0 atom stereocenters. The van der Waals surface area contributed by atoms with Crippen molar-refractivity contribution in [3.8, 4) is 0 Å². The first kappa shape index (κ1) is 13.8. The molecule has 5 heteroatoms. The number of aromatic nitrogens is 2. The molecule has 110 valence electrons. The Labute approximate surface area is 125 Å². The second-order valence-electron chi connectivity index (χ2n) is 5.30. The highest BCUT2D eigenvalue weighted by Crippen LogP contribution is 2.22. The summed E-state index contributed by atoms with van der Waals surface area (Å²) in [5.74, 6) is 2.09. The van der Waals surface area contributed by atoms with Crippen LogP contribution in [0.1, 0.15) is 11.1 Å². The normalized spacial score (nSPS) is 15.3. The largest absolute Gasteiger partial charge is 0.353 e. The van der Waals surface area contributed by atoms with Crippen molar-refractivity contribution in [1.82, 2.24) is 9.97 Å². The quantitative estimate of drug-likeness (QED) is 0.926. The Morgan fingerprint density at radius 3 is 2.43 bits per heavy atom. The number of hydrogen-bond acceptors (Lipinski definition) is 5. The summed E-state index contributed by atoms with van der Waals surface area (Å²) in [6.45, 7) is 6.43. The van der Waals surface area contributed by atoms with E-state index in [0.717, 1.165) is 43.4 Å². The zero-order valence-corrected chi connectivity index (χ0v) is 12.4. The number of hydrogen-bond donors (Lipinski definition) is 1. The molecule has 1 fully saturated rings. The maximum atomic E-state index is 5.89. The number of nitrogens with two attached hydrogens (primary N) is 1. The molecule has 0 aromatic carbocycles. The zero-order valence-electron chi connectivity index (χ0n) is 12.4. The van der Waals surface area contributed by atoms with Gasteiger partial charge in [-0.25, -0.2) is 9.97 Å². The standard InChI is InChI=1S/C16H21N5/c1-13-5-7-19-16(14(13)12-17)21-10-8-20(9-11-21)15-4-2-3-6-18-15/h2-7H,8-12,17H2,1H3. The lowest BCUT2D eigenvalue weighted by atomic mass is 10.1. The van der Waals surface area contributed by atoms with Gasteiger partial charge in [0.2, 0.25) is 0 Å². The fraction of sp³-hybridized carbons (Fsp3) is 0.375. The van der Waals surface area contributed by atoms with Gasteiger partial charge in [0.1, 0.15) is 11.6 Å². The minimum Gasteiger partial charge on any atom is -0.353 e. The van der Waals surface area contributed by atoms with Crippen molar-refractivity contribution in [1.29, 1.82) is 0 Å². The van der Waals surface area contributed by atoms with Crippen molar-refractivity contribution in [3.05, 3.63) is 47.8 Å². The van der Waals surface area contributed by atoms with Gasteiger partial charge in [-0.05, 0) is 30.7 Å². The van der Waals surface area contributed by atoms with Gasteiger partial charge >= 0.3 is 0 Å². The smallest absolute Gasteiger partial charge is 0.133 e. The predicted octanol–water partition coefficient (Wildman–Crippen LogP) is 1.57. The van der Waals surface area contributed by atoms with Crippen LogP contribution in [0.2, 0.25) is 0 Å². The summed E-state index contributed by atoms with van der Waals surface area (Å²) in [6.07, 6.45) is 3.71. The third kappa shape index (κ3) is 2.83. The first-order valence-electron chi connectivity index (χ1n) is 7.35.